The van der Waals surface area contributed by atoms with E-state index in [1.807, 2.05) is 36.2 Å². The number of nitrogens with zero attached hydrogens (tertiary/aromatic N) is 1. The van der Waals surface area contributed by atoms with Crippen molar-refractivity contribution < 1.29 is 19.2 Å². The summed E-state index contributed by atoms with van der Waals surface area (Å²) in [6.45, 7) is 2.44. The number of anilines is 1. The van der Waals surface area contributed by atoms with E-state index < -0.39 is 0 Å². The van der Waals surface area contributed by atoms with Crippen LogP contribution in [0.1, 0.15) is 32.1 Å². The van der Waals surface area contributed by atoms with Gasteiger partial charge in [-0.3, -0.25) is 9.59 Å². The van der Waals surface area contributed by atoms with E-state index in [1.54, 1.807) is 7.11 Å². The monoisotopic (exact) mass is 374 g/mol. The molecular formula is C21H32N3O3+. The summed E-state index contributed by atoms with van der Waals surface area (Å²) >= 11 is 0. The molecular weight excluding hydrogens is 342 g/mol. The lowest BCUT2D eigenvalue weighted by Gasteiger charge is -2.41. The lowest BCUT2D eigenvalue weighted by Crippen LogP contribution is -3.11. The number of likely N-dealkylation sites (tertiary alicyclic amines) is 1. The Balaban J connectivity index is 1.43. The van der Waals surface area contributed by atoms with Crippen molar-refractivity contribution in [3.05, 3.63) is 24.3 Å². The van der Waals surface area contributed by atoms with Crippen molar-refractivity contribution >= 4 is 17.5 Å². The van der Waals surface area contributed by atoms with E-state index in [9.17, 15) is 9.59 Å². The number of quaternary nitrogens is 1. The largest absolute Gasteiger partial charge is 0.497 e. The van der Waals surface area contributed by atoms with Crippen molar-refractivity contribution in [2.75, 3.05) is 45.7 Å². The number of hydrogen-bond donors (Lipinski definition) is 2. The Morgan fingerprint density at radius 2 is 1.81 bits per heavy atom. The number of hydrogen-bond acceptors (Lipinski definition) is 3. The highest BCUT2D eigenvalue weighted by Gasteiger charge is 2.33. The third-order valence-electron chi connectivity index (χ3n) is 5.93. The summed E-state index contributed by atoms with van der Waals surface area (Å²) < 4.78 is 5.11. The molecule has 2 aliphatic rings. The van der Waals surface area contributed by atoms with Gasteiger partial charge in [-0.15, -0.1) is 0 Å². The molecule has 1 heterocycles. The second-order valence-corrected chi connectivity index (χ2v) is 8.02. The second kappa shape index (κ2) is 9.22. The molecule has 1 aliphatic heterocycles. The number of fused-ring (bicyclic) bond motifs is 1. The number of rotatable bonds is 6. The Hall–Kier alpha value is -2.08. The van der Waals surface area contributed by atoms with Crippen molar-refractivity contribution in [2.45, 2.75) is 32.1 Å². The first kappa shape index (κ1) is 19.7. The van der Waals surface area contributed by atoms with E-state index in [0.29, 0.717) is 12.5 Å². The zero-order valence-corrected chi connectivity index (χ0v) is 16.5. The van der Waals surface area contributed by atoms with Gasteiger partial charge in [-0.05, 0) is 48.9 Å². The highest BCUT2D eigenvalue weighted by Crippen LogP contribution is 2.35. The predicted octanol–water partition coefficient (Wildman–Crippen LogP) is 1.19. The van der Waals surface area contributed by atoms with Gasteiger partial charge in [0.25, 0.3) is 11.8 Å². The molecule has 27 heavy (non-hydrogen) atoms. The molecule has 3 atom stereocenters. The quantitative estimate of drug-likeness (QED) is 0.786. The SMILES string of the molecule is COc1ccc(NC(=O)C[NH+](C)CC(=O)N2CC[C@H]3CCCC[C@@H]3C2)cc1. The van der Waals surface area contributed by atoms with Crippen molar-refractivity contribution in [2.24, 2.45) is 11.8 Å². The average Bonchev–Trinajstić information content (AvgIpc) is 2.68. The number of piperidine rings is 1. The molecule has 6 heteroatoms. The van der Waals surface area contributed by atoms with Crippen LogP contribution in [0.4, 0.5) is 5.69 Å². The first-order valence-electron chi connectivity index (χ1n) is 10.1. The molecule has 1 aromatic carbocycles. The first-order chi connectivity index (χ1) is 13.0. The maximum Gasteiger partial charge on any atom is 0.279 e. The third-order valence-corrected chi connectivity index (χ3v) is 5.93. The van der Waals surface area contributed by atoms with Gasteiger partial charge in [-0.25, -0.2) is 0 Å². The topological polar surface area (TPSA) is 63.1 Å². The normalized spacial score (nSPS) is 23.3. The van der Waals surface area contributed by atoms with Crippen LogP contribution in [-0.2, 0) is 9.59 Å². The van der Waals surface area contributed by atoms with Crippen molar-refractivity contribution in [1.82, 2.24) is 4.90 Å². The van der Waals surface area contributed by atoms with Gasteiger partial charge >= 0.3 is 0 Å². The molecule has 6 nitrogen and oxygen atoms in total. The van der Waals surface area contributed by atoms with Crippen LogP contribution in [0.2, 0.25) is 0 Å². The summed E-state index contributed by atoms with van der Waals surface area (Å²) in [7, 11) is 3.51. The summed E-state index contributed by atoms with van der Waals surface area (Å²) in [4.78, 5) is 27.8. The van der Waals surface area contributed by atoms with Gasteiger partial charge in [-0.2, -0.15) is 0 Å². The number of carbonyl (C=O) groups excluding carboxylic acids is 2. The molecule has 148 valence electrons. The molecule has 1 aromatic rings. The van der Waals surface area contributed by atoms with Crippen LogP contribution in [0.15, 0.2) is 24.3 Å². The van der Waals surface area contributed by atoms with Crippen LogP contribution in [0.5, 0.6) is 5.75 Å². The minimum Gasteiger partial charge on any atom is -0.497 e. The van der Waals surface area contributed by atoms with Gasteiger partial charge < -0.3 is 19.9 Å². The molecule has 1 saturated carbocycles. The lowest BCUT2D eigenvalue weighted by atomic mass is 9.75. The second-order valence-electron chi connectivity index (χ2n) is 8.02. The van der Waals surface area contributed by atoms with E-state index >= 15 is 0 Å². The van der Waals surface area contributed by atoms with Gasteiger partial charge in [0, 0.05) is 18.8 Å². The Morgan fingerprint density at radius 3 is 2.52 bits per heavy atom. The molecule has 1 unspecified atom stereocenters. The molecule has 2 fully saturated rings. The van der Waals surface area contributed by atoms with E-state index in [4.69, 9.17) is 4.74 Å². The minimum atomic E-state index is -0.0866. The Morgan fingerprint density at radius 1 is 1.11 bits per heavy atom. The smallest absolute Gasteiger partial charge is 0.279 e. The molecule has 0 radical (unpaired) electrons. The summed E-state index contributed by atoms with van der Waals surface area (Å²) in [5, 5.41) is 2.87. The van der Waals surface area contributed by atoms with Crippen LogP contribution in [-0.4, -0.2) is 57.1 Å². The zero-order chi connectivity index (χ0) is 19.2. The number of amides is 2. The van der Waals surface area contributed by atoms with E-state index in [2.05, 4.69) is 5.32 Å². The van der Waals surface area contributed by atoms with Crippen molar-refractivity contribution in [1.29, 1.82) is 0 Å². The average molecular weight is 375 g/mol. The zero-order valence-electron chi connectivity index (χ0n) is 16.5. The number of methoxy groups -OCH3 is 1. The summed E-state index contributed by atoms with van der Waals surface area (Å²) in [5.74, 6) is 2.35. The van der Waals surface area contributed by atoms with E-state index in [-0.39, 0.29) is 18.4 Å². The van der Waals surface area contributed by atoms with Gasteiger partial charge in [0.2, 0.25) is 0 Å². The minimum absolute atomic E-state index is 0.0866. The van der Waals surface area contributed by atoms with Gasteiger partial charge in [0.1, 0.15) is 5.75 Å². The molecule has 2 amide bonds. The predicted molar refractivity (Wildman–Crippen MR) is 105 cm³/mol. The van der Waals surface area contributed by atoms with Crippen molar-refractivity contribution in [3.63, 3.8) is 0 Å². The molecule has 1 aliphatic carbocycles. The fraction of sp³-hybridized carbons (Fsp3) is 0.619. The Kier molecular flexibility index (Phi) is 6.72. The first-order valence-corrected chi connectivity index (χ1v) is 10.1. The van der Waals surface area contributed by atoms with Crippen LogP contribution in [0.25, 0.3) is 0 Å². The van der Waals surface area contributed by atoms with E-state index in [1.165, 1.54) is 25.7 Å². The highest BCUT2D eigenvalue weighted by atomic mass is 16.5. The number of ether oxygens (including phenoxy) is 1. The molecule has 0 spiro atoms. The van der Waals surface area contributed by atoms with Gasteiger partial charge in [0.15, 0.2) is 13.1 Å². The number of benzene rings is 1. The highest BCUT2D eigenvalue weighted by molar-refractivity contribution is 5.91. The Bertz CT molecular complexity index is 647. The van der Waals surface area contributed by atoms with Crippen LogP contribution < -0.4 is 15.0 Å². The third kappa shape index (κ3) is 5.45. The summed E-state index contributed by atoms with van der Waals surface area (Å²) in [6, 6.07) is 7.24. The van der Waals surface area contributed by atoms with Gasteiger partial charge in [0.05, 0.1) is 14.2 Å². The van der Waals surface area contributed by atoms with E-state index in [0.717, 1.165) is 41.8 Å². The standard InChI is InChI=1S/C21H31N3O3/c1-23(14-20(25)22-18-7-9-19(27-2)10-8-18)15-21(26)24-12-11-16-5-3-4-6-17(16)13-24/h7-10,16-17H,3-6,11-15H2,1-2H3,(H,22,25)/p+1/t16-,17-/m1/s1. The lowest BCUT2D eigenvalue weighted by molar-refractivity contribution is -0.862. The fourth-order valence-electron chi connectivity index (χ4n) is 4.41. The van der Waals surface area contributed by atoms with Crippen molar-refractivity contribution in [3.8, 4) is 5.75 Å². The molecule has 2 N–H and O–H groups in total. The van der Waals surface area contributed by atoms with Crippen LogP contribution >= 0.6 is 0 Å². The molecule has 0 aromatic heterocycles. The van der Waals surface area contributed by atoms with Crippen LogP contribution in [0.3, 0.4) is 0 Å². The number of carbonyl (C=O) groups is 2. The summed E-state index contributed by atoms with van der Waals surface area (Å²) in [6.07, 6.45) is 6.41. The number of nitrogens with one attached hydrogen (secondary N) is 2. The maximum absolute atomic E-state index is 12.7. The Labute approximate surface area is 161 Å². The molecule has 0 bridgehead atoms. The molecule has 1 saturated heterocycles. The van der Waals surface area contributed by atoms with Gasteiger partial charge in [-0.1, -0.05) is 19.3 Å². The maximum atomic E-state index is 12.7. The molecule has 3 rings (SSSR count). The fourth-order valence-corrected chi connectivity index (χ4v) is 4.41. The summed E-state index contributed by atoms with van der Waals surface area (Å²) in [5.41, 5.74) is 0.735. The number of likely N-dealkylation sites (N-methyl/N-ethyl adjacent to an activating group) is 1. The van der Waals surface area contributed by atoms with Crippen LogP contribution in [0, 0.1) is 11.8 Å².